The lowest BCUT2D eigenvalue weighted by Gasteiger charge is -2.30. The predicted molar refractivity (Wildman–Crippen MR) is 132 cm³/mol. The molecule has 2 aliphatic rings. The Kier molecular flexibility index (Phi) is 7.17. The van der Waals surface area contributed by atoms with Gasteiger partial charge in [0.05, 0.1) is 16.6 Å². The van der Waals surface area contributed by atoms with Crippen LogP contribution in [0.25, 0.3) is 10.9 Å². The Bertz CT molecular complexity index is 1250. The first-order chi connectivity index (χ1) is 17.4. The zero-order valence-corrected chi connectivity index (χ0v) is 20.2. The number of alkyl halides is 1. The summed E-state index contributed by atoms with van der Waals surface area (Å²) in [6.07, 6.45) is 2.76. The molecule has 5 rings (SSSR count). The molecule has 3 aromatic rings. The van der Waals surface area contributed by atoms with E-state index in [1.54, 1.807) is 24.4 Å². The number of amides is 1. The fourth-order valence-electron chi connectivity index (χ4n) is 4.55. The molecule has 3 heterocycles. The van der Waals surface area contributed by atoms with E-state index in [9.17, 15) is 9.18 Å². The van der Waals surface area contributed by atoms with E-state index in [1.165, 1.54) is 12.1 Å². The van der Waals surface area contributed by atoms with Gasteiger partial charge < -0.3 is 25.4 Å². The van der Waals surface area contributed by atoms with E-state index in [1.807, 2.05) is 0 Å². The zero-order valence-electron chi connectivity index (χ0n) is 19.4. The first-order valence-corrected chi connectivity index (χ1v) is 12.2. The van der Waals surface area contributed by atoms with Gasteiger partial charge in [-0.1, -0.05) is 17.7 Å². The monoisotopic (exact) mass is 517 g/mol. The number of hydrogen-bond donors (Lipinski definition) is 3. The van der Waals surface area contributed by atoms with Gasteiger partial charge in [-0.15, -0.1) is 0 Å². The quantitative estimate of drug-likeness (QED) is 0.441. The largest absolute Gasteiger partial charge is 0.413 e. The van der Waals surface area contributed by atoms with Gasteiger partial charge >= 0.3 is 6.09 Å². The molecule has 0 bridgehead atoms. The van der Waals surface area contributed by atoms with Gasteiger partial charge in [-0.05, 0) is 55.6 Å². The highest BCUT2D eigenvalue weighted by Gasteiger charge is 2.44. The van der Waals surface area contributed by atoms with Crippen molar-refractivity contribution in [3.8, 4) is 5.75 Å². The van der Waals surface area contributed by atoms with Gasteiger partial charge in [-0.25, -0.2) is 23.5 Å². The number of ether oxygens (including phenoxy) is 2. The molecular weight excluding hydrogens is 492 g/mol. The second kappa shape index (κ2) is 10.5. The van der Waals surface area contributed by atoms with Gasteiger partial charge in [0.25, 0.3) is 0 Å². The Morgan fingerprint density at radius 2 is 2.08 bits per heavy atom. The van der Waals surface area contributed by atoms with Crippen LogP contribution in [0.3, 0.4) is 0 Å². The van der Waals surface area contributed by atoms with Crippen LogP contribution in [0.4, 0.5) is 19.5 Å². The second-order valence-corrected chi connectivity index (χ2v) is 9.45. The lowest BCUT2D eigenvalue weighted by molar-refractivity contribution is 0.0903. The highest BCUT2D eigenvalue weighted by atomic mass is 35.5. The van der Waals surface area contributed by atoms with Crippen LogP contribution in [0.5, 0.6) is 5.75 Å². The third kappa shape index (κ3) is 5.50. The molecule has 36 heavy (non-hydrogen) atoms. The Hall–Kier alpha value is -3.08. The molecule has 1 amide bonds. The molecule has 190 valence electrons. The summed E-state index contributed by atoms with van der Waals surface area (Å²) in [7, 11) is 0. The number of halogens is 3. The van der Waals surface area contributed by atoms with Crippen molar-refractivity contribution in [2.75, 3.05) is 31.6 Å². The lowest BCUT2D eigenvalue weighted by Crippen LogP contribution is -2.45. The molecule has 0 unspecified atom stereocenters. The van der Waals surface area contributed by atoms with Crippen LogP contribution in [-0.4, -0.2) is 54.1 Å². The van der Waals surface area contributed by atoms with Crippen LogP contribution in [-0.2, 0) is 4.74 Å². The van der Waals surface area contributed by atoms with Crippen molar-refractivity contribution >= 4 is 34.5 Å². The van der Waals surface area contributed by atoms with E-state index in [-0.39, 0.29) is 29.8 Å². The number of carbonyl (C=O) groups excluding carboxylic acids is 1. The number of fused-ring (bicyclic) bond motifs is 1. The number of hydrogen-bond acceptors (Lipinski definition) is 7. The van der Waals surface area contributed by atoms with E-state index >= 15 is 4.39 Å². The van der Waals surface area contributed by atoms with Gasteiger partial charge in [-0.3, -0.25) is 0 Å². The molecule has 0 saturated carbocycles. The molecule has 8 nitrogen and oxygen atoms in total. The summed E-state index contributed by atoms with van der Waals surface area (Å²) in [6.45, 7) is 1.87. The van der Waals surface area contributed by atoms with Crippen molar-refractivity contribution in [3.05, 3.63) is 59.0 Å². The van der Waals surface area contributed by atoms with Gasteiger partial charge in [0.2, 0.25) is 5.95 Å². The van der Waals surface area contributed by atoms with Crippen LogP contribution in [0.15, 0.2) is 42.6 Å². The van der Waals surface area contributed by atoms with Crippen LogP contribution in [0, 0.1) is 5.82 Å². The Morgan fingerprint density at radius 1 is 1.25 bits per heavy atom. The number of nitrogens with zero attached hydrogens (tertiary/aromatic N) is 2. The van der Waals surface area contributed by atoms with Gasteiger partial charge in [0, 0.05) is 43.4 Å². The van der Waals surface area contributed by atoms with Crippen molar-refractivity contribution in [2.45, 2.75) is 37.0 Å². The summed E-state index contributed by atoms with van der Waals surface area (Å²) in [5.41, 5.74) is -0.852. The topological polar surface area (TPSA) is 97.4 Å². The summed E-state index contributed by atoms with van der Waals surface area (Å²) in [5, 5.41) is 9.52. The number of nitrogens with one attached hydrogen (secondary N) is 3. The fourth-order valence-corrected chi connectivity index (χ4v) is 4.73. The van der Waals surface area contributed by atoms with Crippen LogP contribution in [0.2, 0.25) is 5.02 Å². The van der Waals surface area contributed by atoms with E-state index < -0.39 is 23.6 Å². The lowest BCUT2D eigenvalue weighted by atomic mass is 9.89. The summed E-state index contributed by atoms with van der Waals surface area (Å²) >= 11 is 5.93. The van der Waals surface area contributed by atoms with Crippen molar-refractivity contribution in [1.82, 2.24) is 20.6 Å². The number of rotatable bonds is 6. The van der Waals surface area contributed by atoms with Crippen molar-refractivity contribution in [3.63, 3.8) is 0 Å². The second-order valence-electron chi connectivity index (χ2n) is 9.05. The minimum Gasteiger partial charge on any atom is -0.410 e. The fraction of sp³-hybridized carbons (Fsp3) is 0.400. The van der Waals surface area contributed by atoms with Crippen LogP contribution in [0.1, 0.15) is 30.9 Å². The molecule has 2 aromatic carbocycles. The minimum absolute atomic E-state index is 0.0305. The maximum absolute atomic E-state index is 15.7. The number of aromatic nitrogens is 2. The molecule has 3 N–H and O–H groups in total. The highest BCUT2D eigenvalue weighted by molar-refractivity contribution is 6.30. The first kappa shape index (κ1) is 24.6. The highest BCUT2D eigenvalue weighted by Crippen LogP contribution is 2.36. The summed E-state index contributed by atoms with van der Waals surface area (Å²) in [5.74, 6) is 0.101. The average Bonchev–Trinajstić information content (AvgIpc) is 3.32. The predicted octanol–water partition coefficient (Wildman–Crippen LogP) is 4.54. The van der Waals surface area contributed by atoms with Crippen molar-refractivity contribution in [1.29, 1.82) is 0 Å². The number of carbonyl (C=O) groups is 1. The number of benzene rings is 2. The maximum Gasteiger partial charge on any atom is 0.413 e. The van der Waals surface area contributed by atoms with E-state index in [0.29, 0.717) is 36.8 Å². The minimum atomic E-state index is -1.79. The summed E-state index contributed by atoms with van der Waals surface area (Å²) < 4.78 is 40.3. The Labute approximate surface area is 211 Å². The molecular formula is C25H26ClF2N5O3. The molecule has 1 aromatic heterocycles. The standard InChI is InChI=1S/C25H26ClF2N5O3/c26-19-11-15(2-4-20(19)27)22(25(28)7-8-29-14-25)33-24(34)36-18-3-1-16-13-30-23(32-21(16)12-18)31-17-5-9-35-10-6-17/h1-4,11-13,17,22,29H,5-10,14H2,(H,33,34)(H,30,31,32)/t22-,25-/m0/s1. The molecule has 0 spiro atoms. The summed E-state index contributed by atoms with van der Waals surface area (Å²) in [6, 6.07) is 8.00. The van der Waals surface area contributed by atoms with Gasteiger partial charge in [0.1, 0.15) is 17.2 Å². The Morgan fingerprint density at radius 3 is 2.83 bits per heavy atom. The maximum atomic E-state index is 15.7. The molecule has 2 fully saturated rings. The van der Waals surface area contributed by atoms with Crippen molar-refractivity contribution < 1.29 is 23.0 Å². The molecule has 0 radical (unpaired) electrons. The molecule has 2 saturated heterocycles. The molecule has 2 aliphatic heterocycles. The SMILES string of the molecule is O=C(N[C@@H](c1ccc(F)c(Cl)c1)[C@]1(F)CCNC1)Oc1ccc2cnc(NC3CCOCC3)nc2c1. The normalized spacial score (nSPS) is 21.3. The smallest absolute Gasteiger partial charge is 0.410 e. The van der Waals surface area contributed by atoms with E-state index in [4.69, 9.17) is 21.1 Å². The van der Waals surface area contributed by atoms with Gasteiger partial charge in [-0.2, -0.15) is 0 Å². The van der Waals surface area contributed by atoms with E-state index in [2.05, 4.69) is 25.9 Å². The molecule has 2 atom stereocenters. The van der Waals surface area contributed by atoms with Gasteiger partial charge in [0.15, 0.2) is 0 Å². The third-order valence-corrected chi connectivity index (χ3v) is 6.80. The number of anilines is 1. The molecule has 11 heteroatoms. The van der Waals surface area contributed by atoms with E-state index in [0.717, 1.165) is 24.3 Å². The van der Waals surface area contributed by atoms with Crippen LogP contribution >= 0.6 is 11.6 Å². The Balaban J connectivity index is 1.32. The first-order valence-electron chi connectivity index (χ1n) is 11.8. The average molecular weight is 518 g/mol. The zero-order chi connectivity index (χ0) is 25.1. The third-order valence-electron chi connectivity index (χ3n) is 6.51. The molecule has 0 aliphatic carbocycles. The summed E-state index contributed by atoms with van der Waals surface area (Å²) in [4.78, 5) is 21.7. The van der Waals surface area contributed by atoms with Crippen molar-refractivity contribution in [2.24, 2.45) is 0 Å². The van der Waals surface area contributed by atoms with Crippen LogP contribution < -0.4 is 20.7 Å².